The third kappa shape index (κ3) is 1.28. The van der Waals surface area contributed by atoms with Crippen LogP contribution in [0.15, 0.2) is 10.5 Å². The van der Waals surface area contributed by atoms with Gasteiger partial charge in [0, 0.05) is 10.0 Å². The van der Waals surface area contributed by atoms with Gasteiger partial charge in [0.05, 0.1) is 4.92 Å². The first kappa shape index (κ1) is 9.45. The molecule has 1 aliphatic rings. The normalized spacial score (nSPS) is 14.1. The highest BCUT2D eigenvalue weighted by atomic mass is 79.9. The molecule has 1 aromatic carbocycles. The number of hydrogen-bond donors (Lipinski definition) is 1. The number of anilines is 1. The summed E-state index contributed by atoms with van der Waals surface area (Å²) in [4.78, 5) is 10.5. The first-order chi connectivity index (χ1) is 6.61. The van der Waals surface area contributed by atoms with Crippen LogP contribution in [-0.2, 0) is 12.8 Å². The van der Waals surface area contributed by atoms with E-state index in [1.165, 1.54) is 0 Å². The first-order valence-corrected chi connectivity index (χ1v) is 5.14. The zero-order valence-corrected chi connectivity index (χ0v) is 9.00. The lowest BCUT2D eigenvalue weighted by molar-refractivity contribution is -0.384. The Labute approximate surface area is 89.4 Å². The van der Waals surface area contributed by atoms with Crippen LogP contribution in [0, 0.1) is 10.1 Å². The van der Waals surface area contributed by atoms with Crippen molar-refractivity contribution in [1.82, 2.24) is 0 Å². The summed E-state index contributed by atoms with van der Waals surface area (Å²) < 4.78 is 0.629. The molecule has 4 nitrogen and oxygen atoms in total. The standard InChI is InChI=1S/C9H9BrN2O2/c10-7-4-5-2-1-3-6(5)9(8(7)11)12(13)14/h4H,1-3,11H2. The number of nitro groups is 1. The summed E-state index contributed by atoms with van der Waals surface area (Å²) in [6, 6.07) is 1.89. The maximum absolute atomic E-state index is 10.8. The SMILES string of the molecule is Nc1c(Br)cc2c(c1[N+](=O)[O-])CCC2. The lowest BCUT2D eigenvalue weighted by atomic mass is 10.1. The lowest BCUT2D eigenvalue weighted by Gasteiger charge is -2.05. The average Bonchev–Trinajstić information content (AvgIpc) is 2.52. The van der Waals surface area contributed by atoms with Crippen LogP contribution in [0.1, 0.15) is 17.5 Å². The van der Waals surface area contributed by atoms with E-state index in [1.54, 1.807) is 0 Å². The van der Waals surface area contributed by atoms with E-state index in [2.05, 4.69) is 15.9 Å². The molecule has 0 aliphatic heterocycles. The van der Waals surface area contributed by atoms with Gasteiger partial charge in [-0.2, -0.15) is 0 Å². The number of nitro benzene ring substituents is 1. The van der Waals surface area contributed by atoms with Gasteiger partial charge in [0.25, 0.3) is 5.69 Å². The Balaban J connectivity index is 2.72. The summed E-state index contributed by atoms with van der Waals surface area (Å²) in [7, 11) is 0. The molecule has 0 amide bonds. The van der Waals surface area contributed by atoms with Crippen molar-refractivity contribution in [3.05, 3.63) is 31.8 Å². The van der Waals surface area contributed by atoms with Crippen molar-refractivity contribution in [1.29, 1.82) is 0 Å². The van der Waals surface area contributed by atoms with E-state index >= 15 is 0 Å². The van der Waals surface area contributed by atoms with Crippen LogP contribution >= 0.6 is 15.9 Å². The van der Waals surface area contributed by atoms with Crippen molar-refractivity contribution in [2.75, 3.05) is 5.73 Å². The minimum Gasteiger partial charge on any atom is -0.392 e. The molecule has 0 radical (unpaired) electrons. The van der Waals surface area contributed by atoms with E-state index in [1.807, 2.05) is 6.07 Å². The molecular formula is C9H9BrN2O2. The van der Waals surface area contributed by atoms with Crippen LogP contribution in [-0.4, -0.2) is 4.92 Å². The number of rotatable bonds is 1. The lowest BCUT2D eigenvalue weighted by Crippen LogP contribution is -2.01. The predicted molar refractivity (Wildman–Crippen MR) is 57.2 cm³/mol. The fraction of sp³-hybridized carbons (Fsp3) is 0.333. The van der Waals surface area contributed by atoms with Crippen molar-refractivity contribution in [3.63, 3.8) is 0 Å². The van der Waals surface area contributed by atoms with E-state index in [-0.39, 0.29) is 16.3 Å². The van der Waals surface area contributed by atoms with Gasteiger partial charge >= 0.3 is 0 Å². The van der Waals surface area contributed by atoms with E-state index in [0.717, 1.165) is 30.4 Å². The monoisotopic (exact) mass is 256 g/mol. The molecule has 0 atom stereocenters. The van der Waals surface area contributed by atoms with Crippen LogP contribution in [0.25, 0.3) is 0 Å². The Kier molecular flexibility index (Phi) is 2.19. The van der Waals surface area contributed by atoms with Gasteiger partial charge in [0.15, 0.2) is 0 Å². The highest BCUT2D eigenvalue weighted by Crippen LogP contribution is 2.39. The zero-order valence-electron chi connectivity index (χ0n) is 7.42. The Hall–Kier alpha value is -1.10. The van der Waals surface area contributed by atoms with E-state index in [0.29, 0.717) is 4.47 Å². The second-order valence-electron chi connectivity index (χ2n) is 3.37. The van der Waals surface area contributed by atoms with Crippen molar-refractivity contribution in [2.24, 2.45) is 0 Å². The van der Waals surface area contributed by atoms with Gasteiger partial charge in [0.1, 0.15) is 5.69 Å². The number of fused-ring (bicyclic) bond motifs is 1. The van der Waals surface area contributed by atoms with E-state index < -0.39 is 0 Å². The number of halogens is 1. The number of nitrogens with two attached hydrogens (primary N) is 1. The van der Waals surface area contributed by atoms with Crippen molar-refractivity contribution in [3.8, 4) is 0 Å². The second-order valence-corrected chi connectivity index (χ2v) is 4.22. The number of hydrogen-bond acceptors (Lipinski definition) is 3. The van der Waals surface area contributed by atoms with Gasteiger partial charge in [-0.25, -0.2) is 0 Å². The molecule has 74 valence electrons. The van der Waals surface area contributed by atoms with Crippen LogP contribution < -0.4 is 5.73 Å². The molecule has 0 spiro atoms. The van der Waals surface area contributed by atoms with Gasteiger partial charge in [-0.1, -0.05) is 0 Å². The molecule has 0 bridgehead atoms. The third-order valence-corrected chi connectivity index (χ3v) is 3.20. The molecule has 14 heavy (non-hydrogen) atoms. The van der Waals surface area contributed by atoms with Crippen LogP contribution in [0.5, 0.6) is 0 Å². The van der Waals surface area contributed by atoms with E-state index in [9.17, 15) is 10.1 Å². The number of nitrogen functional groups attached to an aromatic ring is 1. The summed E-state index contributed by atoms with van der Waals surface area (Å²) >= 11 is 3.24. The average molecular weight is 257 g/mol. The van der Waals surface area contributed by atoms with Crippen molar-refractivity contribution < 1.29 is 4.92 Å². The Morgan fingerprint density at radius 3 is 2.86 bits per heavy atom. The fourth-order valence-electron chi connectivity index (χ4n) is 1.91. The molecule has 2 rings (SSSR count). The molecule has 5 heteroatoms. The van der Waals surface area contributed by atoms with Gasteiger partial charge < -0.3 is 5.73 Å². The molecule has 0 heterocycles. The van der Waals surface area contributed by atoms with E-state index in [4.69, 9.17) is 5.73 Å². The van der Waals surface area contributed by atoms with Gasteiger partial charge in [0.2, 0.25) is 0 Å². The Bertz CT molecular complexity index is 418. The highest BCUT2D eigenvalue weighted by molar-refractivity contribution is 9.10. The molecule has 0 fully saturated rings. The first-order valence-electron chi connectivity index (χ1n) is 4.35. The summed E-state index contributed by atoms with van der Waals surface area (Å²) in [5, 5.41) is 10.8. The maximum atomic E-state index is 10.8. The largest absolute Gasteiger partial charge is 0.392 e. The smallest absolute Gasteiger partial charge is 0.296 e. The van der Waals surface area contributed by atoms with Crippen LogP contribution in [0.3, 0.4) is 0 Å². The molecule has 1 aliphatic carbocycles. The molecule has 0 saturated heterocycles. The van der Waals surface area contributed by atoms with Gasteiger partial charge in [-0.05, 0) is 46.8 Å². The minimum atomic E-state index is -0.385. The Morgan fingerprint density at radius 1 is 1.50 bits per heavy atom. The Morgan fingerprint density at radius 2 is 2.21 bits per heavy atom. The molecule has 0 unspecified atom stereocenters. The molecule has 0 aromatic heterocycles. The van der Waals surface area contributed by atoms with Crippen molar-refractivity contribution >= 4 is 27.3 Å². The summed E-state index contributed by atoms with van der Waals surface area (Å²) in [5.41, 5.74) is 7.87. The van der Waals surface area contributed by atoms with Crippen LogP contribution in [0.4, 0.5) is 11.4 Å². The maximum Gasteiger partial charge on any atom is 0.296 e. The molecular weight excluding hydrogens is 248 g/mol. The van der Waals surface area contributed by atoms with Crippen LogP contribution in [0.2, 0.25) is 0 Å². The minimum absolute atomic E-state index is 0.0897. The quantitative estimate of drug-likeness (QED) is 0.477. The number of benzene rings is 1. The third-order valence-electron chi connectivity index (χ3n) is 2.54. The summed E-state index contributed by atoms with van der Waals surface area (Å²) in [6.45, 7) is 0. The second kappa shape index (κ2) is 3.24. The zero-order chi connectivity index (χ0) is 10.3. The molecule has 2 N–H and O–H groups in total. The van der Waals surface area contributed by atoms with Gasteiger partial charge in [-0.15, -0.1) is 0 Å². The topological polar surface area (TPSA) is 69.2 Å². The van der Waals surface area contributed by atoms with Crippen molar-refractivity contribution in [2.45, 2.75) is 19.3 Å². The highest BCUT2D eigenvalue weighted by Gasteiger charge is 2.26. The predicted octanol–water partition coefficient (Wildman–Crippen LogP) is 2.43. The molecule has 0 saturated carbocycles. The summed E-state index contributed by atoms with van der Waals surface area (Å²) in [5.74, 6) is 0. The fourth-order valence-corrected chi connectivity index (χ4v) is 2.38. The van der Waals surface area contributed by atoms with Gasteiger partial charge in [-0.3, -0.25) is 10.1 Å². The molecule has 1 aromatic rings. The number of nitrogens with zero attached hydrogens (tertiary/aromatic N) is 1. The number of aryl methyl sites for hydroxylation is 1. The summed E-state index contributed by atoms with van der Waals surface area (Å²) in [6.07, 6.45) is 2.66.